The van der Waals surface area contributed by atoms with Crippen LogP contribution >= 0.6 is 0 Å². The van der Waals surface area contributed by atoms with Crippen molar-refractivity contribution >= 4 is 12.0 Å². The lowest BCUT2D eigenvalue weighted by Gasteiger charge is -2.12. The molecule has 0 saturated carbocycles. The van der Waals surface area contributed by atoms with Gasteiger partial charge in [-0.3, -0.25) is 0 Å². The number of rotatable bonds is 4. The smallest absolute Gasteiger partial charge is 0.387 e. The van der Waals surface area contributed by atoms with Crippen LogP contribution in [0.3, 0.4) is 0 Å². The predicted molar refractivity (Wildman–Crippen MR) is 61.1 cm³/mol. The minimum Gasteiger partial charge on any atom is -0.544 e. The topological polar surface area (TPSA) is 73.2 Å². The highest BCUT2D eigenvalue weighted by Gasteiger charge is 2.11. The van der Waals surface area contributed by atoms with Gasteiger partial charge in [0.1, 0.15) is 11.8 Å². The molecule has 1 aromatic rings. The number of carboxylic acid groups (broad SMARTS) is 1. The molecule has 0 fully saturated rings. The van der Waals surface area contributed by atoms with Gasteiger partial charge in [0.2, 0.25) is 0 Å². The van der Waals surface area contributed by atoms with E-state index in [2.05, 4.69) is 4.74 Å². The van der Waals surface area contributed by atoms with E-state index >= 15 is 0 Å². The van der Waals surface area contributed by atoms with Crippen LogP contribution in [0.5, 0.6) is 5.75 Å². The van der Waals surface area contributed by atoms with Gasteiger partial charge in [0.25, 0.3) is 0 Å². The lowest BCUT2D eigenvalue weighted by atomic mass is 10.0. The fourth-order valence-corrected chi connectivity index (χ4v) is 1.65. The fourth-order valence-electron chi connectivity index (χ4n) is 1.65. The van der Waals surface area contributed by atoms with Crippen LogP contribution in [-0.4, -0.2) is 12.6 Å². The Balaban J connectivity index is 3.22. The van der Waals surface area contributed by atoms with E-state index in [-0.39, 0.29) is 5.75 Å². The molecule has 0 aromatic heterocycles. The van der Waals surface area contributed by atoms with Crippen LogP contribution in [0.15, 0.2) is 17.7 Å². The molecule has 0 bridgehead atoms. The van der Waals surface area contributed by atoms with E-state index in [9.17, 15) is 18.7 Å². The zero-order chi connectivity index (χ0) is 14.6. The first-order valence-electron chi connectivity index (χ1n) is 5.24. The van der Waals surface area contributed by atoms with Gasteiger partial charge in [0.15, 0.2) is 0 Å². The summed E-state index contributed by atoms with van der Waals surface area (Å²) in [7, 11) is 0. The Hall–Kier alpha value is -2.42. The highest BCUT2D eigenvalue weighted by molar-refractivity contribution is 5.95. The number of aryl methyl sites for hydroxylation is 2. The quantitative estimate of drug-likeness (QED) is 0.612. The van der Waals surface area contributed by atoms with Crippen molar-refractivity contribution in [2.75, 3.05) is 0 Å². The molecule has 0 amide bonds. The molecule has 0 spiro atoms. The van der Waals surface area contributed by atoms with Gasteiger partial charge in [-0.15, -0.1) is 0 Å². The van der Waals surface area contributed by atoms with Gasteiger partial charge in [-0.25, -0.2) is 0 Å². The van der Waals surface area contributed by atoms with E-state index in [0.717, 1.165) is 6.08 Å². The number of halogens is 2. The molecule has 1 aromatic carbocycles. The summed E-state index contributed by atoms with van der Waals surface area (Å²) in [6, 6.07) is 4.38. The first kappa shape index (κ1) is 14.6. The van der Waals surface area contributed by atoms with Crippen molar-refractivity contribution in [3.8, 4) is 11.8 Å². The maximum atomic E-state index is 12.2. The number of hydrogen-bond donors (Lipinski definition) is 0. The van der Waals surface area contributed by atoms with Crippen molar-refractivity contribution in [1.82, 2.24) is 0 Å². The van der Waals surface area contributed by atoms with Gasteiger partial charge in [-0.2, -0.15) is 14.0 Å². The zero-order valence-electron chi connectivity index (χ0n) is 10.2. The van der Waals surface area contributed by atoms with E-state index < -0.39 is 18.2 Å². The fraction of sp³-hybridized carbons (Fsp3) is 0.231. The second-order valence-corrected chi connectivity index (χ2v) is 3.82. The summed E-state index contributed by atoms with van der Waals surface area (Å²) in [4.78, 5) is 10.6. The number of hydrogen-bond acceptors (Lipinski definition) is 4. The minimum absolute atomic E-state index is 0.0408. The summed E-state index contributed by atoms with van der Waals surface area (Å²) in [6.07, 6.45) is 1.11. The molecule has 0 unspecified atom stereocenters. The van der Waals surface area contributed by atoms with Gasteiger partial charge in [0, 0.05) is 0 Å². The lowest BCUT2D eigenvalue weighted by Crippen LogP contribution is -2.23. The normalized spacial score (nSPS) is 11.3. The predicted octanol–water partition coefficient (Wildman–Crippen LogP) is 1.56. The second-order valence-electron chi connectivity index (χ2n) is 3.82. The molecule has 19 heavy (non-hydrogen) atoms. The lowest BCUT2D eigenvalue weighted by molar-refractivity contribution is -0.298. The van der Waals surface area contributed by atoms with Crippen molar-refractivity contribution in [2.24, 2.45) is 0 Å². The molecular weight excluding hydrogens is 256 g/mol. The van der Waals surface area contributed by atoms with E-state index in [1.54, 1.807) is 13.8 Å². The van der Waals surface area contributed by atoms with E-state index in [1.807, 2.05) is 0 Å². The largest absolute Gasteiger partial charge is 0.544 e. The molecule has 4 nitrogen and oxygen atoms in total. The van der Waals surface area contributed by atoms with Gasteiger partial charge in [-0.05, 0) is 48.7 Å². The molecule has 0 saturated heterocycles. The Bertz CT molecular complexity index is 551. The van der Waals surface area contributed by atoms with Crippen LogP contribution < -0.4 is 9.84 Å². The number of benzene rings is 1. The van der Waals surface area contributed by atoms with Crippen LogP contribution in [0.25, 0.3) is 6.08 Å². The Morgan fingerprint density at radius 3 is 2.32 bits per heavy atom. The number of carboxylic acids is 1. The standard InChI is InChI=1S/C13H11F2NO3/c1-7-3-9(5-10(6-16)12(17)18)4-8(2)11(7)19-13(14)15/h3-5,13H,1-2H3,(H,17,18)/p-1/b10-5+. The Morgan fingerprint density at radius 2 is 1.95 bits per heavy atom. The van der Waals surface area contributed by atoms with Crippen LogP contribution in [-0.2, 0) is 4.79 Å². The molecule has 1 rings (SSSR count). The number of alkyl halides is 2. The third-order valence-corrected chi connectivity index (χ3v) is 2.34. The summed E-state index contributed by atoms with van der Waals surface area (Å²) >= 11 is 0. The molecule has 0 aliphatic carbocycles. The third-order valence-electron chi connectivity index (χ3n) is 2.34. The summed E-state index contributed by atoms with van der Waals surface area (Å²) in [5, 5.41) is 19.2. The third kappa shape index (κ3) is 3.78. The molecule has 0 N–H and O–H groups in total. The second kappa shape index (κ2) is 5.96. The van der Waals surface area contributed by atoms with Crippen LogP contribution in [0.1, 0.15) is 16.7 Å². The van der Waals surface area contributed by atoms with Crippen molar-refractivity contribution in [3.63, 3.8) is 0 Å². The van der Waals surface area contributed by atoms with E-state index in [0.29, 0.717) is 16.7 Å². The van der Waals surface area contributed by atoms with Gasteiger partial charge in [0.05, 0.1) is 11.5 Å². The van der Waals surface area contributed by atoms with Crippen LogP contribution in [0, 0.1) is 25.2 Å². The first-order valence-corrected chi connectivity index (χ1v) is 5.24. The highest BCUT2D eigenvalue weighted by Crippen LogP contribution is 2.27. The number of ether oxygens (including phenoxy) is 1. The first-order chi connectivity index (χ1) is 8.85. The van der Waals surface area contributed by atoms with Crippen molar-refractivity contribution in [3.05, 3.63) is 34.4 Å². The number of carbonyl (C=O) groups is 1. The summed E-state index contributed by atoms with van der Waals surface area (Å²) in [6.45, 7) is 0.164. The monoisotopic (exact) mass is 266 g/mol. The van der Waals surface area contributed by atoms with E-state index in [4.69, 9.17) is 5.26 Å². The zero-order valence-corrected chi connectivity index (χ0v) is 10.2. The maximum absolute atomic E-state index is 12.2. The molecule has 0 aliphatic rings. The van der Waals surface area contributed by atoms with Gasteiger partial charge in [-0.1, -0.05) is 0 Å². The number of carbonyl (C=O) groups excluding carboxylic acids is 1. The molecule has 0 atom stereocenters. The molecular formula is C13H10F2NO3-. The Kier molecular flexibility index (Phi) is 4.59. The molecule has 100 valence electrons. The Morgan fingerprint density at radius 1 is 1.42 bits per heavy atom. The van der Waals surface area contributed by atoms with Crippen LogP contribution in [0.4, 0.5) is 8.78 Å². The number of nitrogens with zero attached hydrogens (tertiary/aromatic N) is 1. The van der Waals surface area contributed by atoms with Crippen LogP contribution in [0.2, 0.25) is 0 Å². The maximum Gasteiger partial charge on any atom is 0.387 e. The average molecular weight is 266 g/mol. The number of aliphatic carboxylic acids is 1. The average Bonchev–Trinajstić information content (AvgIpc) is 2.30. The SMILES string of the molecule is Cc1cc(/C=C(\C#N)C(=O)[O-])cc(C)c1OC(F)F. The summed E-state index contributed by atoms with van der Waals surface area (Å²) in [5.41, 5.74) is 0.697. The molecule has 6 heteroatoms. The van der Waals surface area contributed by atoms with Gasteiger partial charge < -0.3 is 14.6 Å². The number of nitriles is 1. The minimum atomic E-state index is -2.93. The Labute approximate surface area is 108 Å². The van der Waals surface area contributed by atoms with Crippen molar-refractivity contribution in [1.29, 1.82) is 5.26 Å². The molecule has 0 aliphatic heterocycles. The van der Waals surface area contributed by atoms with Crippen molar-refractivity contribution in [2.45, 2.75) is 20.5 Å². The highest BCUT2D eigenvalue weighted by atomic mass is 19.3. The summed E-state index contributed by atoms with van der Waals surface area (Å²) in [5.74, 6) is -1.55. The molecule has 0 radical (unpaired) electrons. The molecule has 0 heterocycles. The summed E-state index contributed by atoms with van der Waals surface area (Å²) < 4.78 is 28.7. The van der Waals surface area contributed by atoms with E-state index in [1.165, 1.54) is 18.2 Å². The van der Waals surface area contributed by atoms with Gasteiger partial charge >= 0.3 is 6.61 Å². The van der Waals surface area contributed by atoms with Crippen molar-refractivity contribution < 1.29 is 23.4 Å².